The number of pyridine rings is 2. The van der Waals surface area contributed by atoms with E-state index in [1.807, 2.05) is 42.5 Å². The zero-order valence-electron chi connectivity index (χ0n) is 24.1. The summed E-state index contributed by atoms with van der Waals surface area (Å²) in [6.07, 6.45) is 9.22. The molecule has 0 spiro atoms. The van der Waals surface area contributed by atoms with Crippen LogP contribution in [0.25, 0.3) is 0 Å². The summed E-state index contributed by atoms with van der Waals surface area (Å²) in [7, 11) is 0. The first-order valence-corrected chi connectivity index (χ1v) is 15.2. The maximum absolute atomic E-state index is 15.3. The fourth-order valence-electron chi connectivity index (χ4n) is 5.96. The molecular weight excluding hydrogens is 579 g/mol. The number of nitrogens with one attached hydrogen (secondary N) is 2. The van der Waals surface area contributed by atoms with Gasteiger partial charge in [0.2, 0.25) is 5.91 Å². The number of carbonyl (C=O) groups is 2. The molecule has 0 radical (unpaired) electrons. The van der Waals surface area contributed by atoms with Crippen LogP contribution in [0, 0.1) is 11.7 Å². The highest BCUT2D eigenvalue weighted by molar-refractivity contribution is 6.30. The number of benzene rings is 2. The van der Waals surface area contributed by atoms with Crippen molar-refractivity contribution in [3.8, 4) is 0 Å². The fourth-order valence-corrected chi connectivity index (χ4v) is 6.08. The monoisotopic (exact) mass is 612 g/mol. The van der Waals surface area contributed by atoms with E-state index in [9.17, 15) is 9.59 Å². The summed E-state index contributed by atoms with van der Waals surface area (Å²) in [5, 5.41) is 5.98. The fraction of sp³-hybridized carbons (Fsp3) is 0.294. The minimum atomic E-state index is -0.887. The molecule has 2 fully saturated rings. The summed E-state index contributed by atoms with van der Waals surface area (Å²) in [6.45, 7) is 0.305. The minimum absolute atomic E-state index is 0.0192. The van der Waals surface area contributed by atoms with Crippen LogP contribution >= 0.6 is 11.6 Å². The van der Waals surface area contributed by atoms with Crippen molar-refractivity contribution in [3.63, 3.8) is 0 Å². The van der Waals surface area contributed by atoms with E-state index in [0.29, 0.717) is 41.7 Å². The number of urea groups is 1. The summed E-state index contributed by atoms with van der Waals surface area (Å²) in [5.41, 5.74) is 8.79. The van der Waals surface area contributed by atoms with Gasteiger partial charge in [-0.3, -0.25) is 15.1 Å². The van der Waals surface area contributed by atoms with Crippen LogP contribution in [0.3, 0.4) is 0 Å². The highest BCUT2D eigenvalue weighted by Gasteiger charge is 2.41. The molecule has 8 nitrogen and oxygen atoms in total. The van der Waals surface area contributed by atoms with Crippen molar-refractivity contribution < 1.29 is 14.0 Å². The van der Waals surface area contributed by atoms with Crippen molar-refractivity contribution in [3.05, 3.63) is 119 Å². The average Bonchev–Trinajstić information content (AvgIpc) is 3.77. The first-order chi connectivity index (χ1) is 21.3. The number of carbonyl (C=O) groups excluding carboxylic acids is 2. The Bertz CT molecular complexity index is 1620. The molecule has 3 amide bonds. The molecule has 226 valence electrons. The number of rotatable bonds is 9. The first kappa shape index (κ1) is 29.7. The van der Waals surface area contributed by atoms with Gasteiger partial charge in [0.1, 0.15) is 17.7 Å². The van der Waals surface area contributed by atoms with Crippen LogP contribution in [-0.2, 0) is 10.3 Å². The lowest BCUT2D eigenvalue weighted by molar-refractivity contribution is -0.119. The zero-order valence-corrected chi connectivity index (χ0v) is 24.9. The third-order valence-corrected chi connectivity index (χ3v) is 8.90. The number of halogens is 2. The van der Waals surface area contributed by atoms with Crippen LogP contribution < -0.4 is 16.4 Å². The largest absolute Gasteiger partial charge is 0.323 e. The lowest BCUT2D eigenvalue weighted by atomic mass is 9.79. The van der Waals surface area contributed by atoms with E-state index in [4.69, 9.17) is 17.3 Å². The average molecular weight is 613 g/mol. The Kier molecular flexibility index (Phi) is 8.59. The molecule has 44 heavy (non-hydrogen) atoms. The van der Waals surface area contributed by atoms with Gasteiger partial charge in [-0.2, -0.15) is 0 Å². The van der Waals surface area contributed by atoms with Crippen LogP contribution in [-0.4, -0.2) is 39.4 Å². The molecule has 1 aliphatic heterocycles. The Hall–Kier alpha value is -4.34. The van der Waals surface area contributed by atoms with Gasteiger partial charge in [0.15, 0.2) is 0 Å². The standard InChI is InChI=1S/C34H34ClFN6O2/c35-27-9-11-31(39-20-27)41-33(44)42-21-24(23-4-2-1-3-5-23)18-30(42)32(43)40-29-19-26(8-10-28(29)36)34(37,15-12-22-6-7-22)25-13-16-38-17-14-25/h1-5,8-11,13-14,16-17,19-20,22,24,30H,6-7,12,15,18,21,37H2,(H,40,43)(H,39,41,44). The maximum Gasteiger partial charge on any atom is 0.323 e. The van der Waals surface area contributed by atoms with Gasteiger partial charge in [-0.25, -0.2) is 14.2 Å². The minimum Gasteiger partial charge on any atom is -0.322 e. The highest BCUT2D eigenvalue weighted by atomic mass is 35.5. The van der Waals surface area contributed by atoms with E-state index in [2.05, 4.69) is 20.6 Å². The third kappa shape index (κ3) is 6.59. The van der Waals surface area contributed by atoms with Gasteiger partial charge in [-0.15, -0.1) is 0 Å². The Balaban J connectivity index is 1.26. The van der Waals surface area contributed by atoms with Crippen molar-refractivity contribution in [2.24, 2.45) is 11.7 Å². The van der Waals surface area contributed by atoms with E-state index in [1.54, 1.807) is 36.7 Å². The molecule has 1 aliphatic carbocycles. The van der Waals surface area contributed by atoms with Crippen molar-refractivity contribution in [1.29, 1.82) is 0 Å². The SMILES string of the molecule is NC(CCC1CC1)(c1ccncc1)c1ccc(F)c(NC(=O)C2CC(c3ccccc3)CN2C(=O)Nc2ccc(Cl)cn2)c1. The molecule has 1 saturated carbocycles. The predicted octanol–water partition coefficient (Wildman–Crippen LogP) is 6.69. The second kappa shape index (κ2) is 12.7. The predicted molar refractivity (Wildman–Crippen MR) is 169 cm³/mol. The van der Waals surface area contributed by atoms with Crippen molar-refractivity contribution in [2.75, 3.05) is 17.2 Å². The number of nitrogens with zero attached hydrogens (tertiary/aromatic N) is 3. The number of hydrogen-bond acceptors (Lipinski definition) is 5. The number of aromatic nitrogens is 2. The molecule has 1 saturated heterocycles. The van der Waals surface area contributed by atoms with Crippen molar-refractivity contribution in [2.45, 2.75) is 49.6 Å². The summed E-state index contributed by atoms with van der Waals surface area (Å²) < 4.78 is 15.3. The normalized spacial score (nSPS) is 19.3. The molecular formula is C34H34ClFN6O2. The molecule has 4 N–H and O–H groups in total. The molecule has 4 aromatic rings. The molecule has 3 atom stereocenters. The van der Waals surface area contributed by atoms with E-state index >= 15 is 4.39 Å². The smallest absolute Gasteiger partial charge is 0.322 e. The summed E-state index contributed by atoms with van der Waals surface area (Å²) in [4.78, 5) is 37.0. The molecule has 2 aromatic carbocycles. The molecule has 2 aliphatic rings. The lowest BCUT2D eigenvalue weighted by Crippen LogP contribution is -2.45. The van der Waals surface area contributed by atoms with Gasteiger partial charge in [0, 0.05) is 31.1 Å². The number of amides is 3. The second-order valence-electron chi connectivity index (χ2n) is 11.7. The zero-order chi connectivity index (χ0) is 30.7. The van der Waals surface area contributed by atoms with E-state index in [1.165, 1.54) is 30.0 Å². The lowest BCUT2D eigenvalue weighted by Gasteiger charge is -2.31. The Morgan fingerprint density at radius 2 is 1.77 bits per heavy atom. The van der Waals surface area contributed by atoms with Crippen molar-refractivity contribution >= 4 is 35.0 Å². The second-order valence-corrected chi connectivity index (χ2v) is 12.1. The van der Waals surface area contributed by atoms with Gasteiger partial charge in [-0.1, -0.05) is 60.8 Å². The molecule has 3 unspecified atom stereocenters. The highest BCUT2D eigenvalue weighted by Crippen LogP contribution is 2.40. The van der Waals surface area contributed by atoms with Crippen LogP contribution in [0.2, 0.25) is 5.02 Å². The van der Waals surface area contributed by atoms with Crippen LogP contribution in [0.5, 0.6) is 0 Å². The van der Waals surface area contributed by atoms with Crippen molar-refractivity contribution in [1.82, 2.24) is 14.9 Å². The van der Waals surface area contributed by atoms with E-state index in [0.717, 1.165) is 17.5 Å². The molecule has 0 bridgehead atoms. The van der Waals surface area contributed by atoms with Crippen LogP contribution in [0.1, 0.15) is 54.7 Å². The van der Waals surface area contributed by atoms with Crippen LogP contribution in [0.15, 0.2) is 91.4 Å². The Labute approximate surface area is 260 Å². The molecule has 3 heterocycles. The van der Waals surface area contributed by atoms with Crippen LogP contribution in [0.4, 0.5) is 20.7 Å². The summed E-state index contributed by atoms with van der Waals surface area (Å²) in [6, 6.07) is 20.0. The van der Waals surface area contributed by atoms with E-state index < -0.39 is 29.3 Å². The topological polar surface area (TPSA) is 113 Å². The Morgan fingerprint density at radius 1 is 1.00 bits per heavy atom. The molecule has 2 aromatic heterocycles. The van der Waals surface area contributed by atoms with Gasteiger partial charge < -0.3 is 16.0 Å². The summed E-state index contributed by atoms with van der Waals surface area (Å²) >= 11 is 5.94. The van der Waals surface area contributed by atoms with Gasteiger partial charge in [-0.05, 0) is 78.3 Å². The maximum atomic E-state index is 15.3. The van der Waals surface area contributed by atoms with Gasteiger partial charge >= 0.3 is 6.03 Å². The molecule has 10 heteroatoms. The quantitative estimate of drug-likeness (QED) is 0.195. The number of likely N-dealkylation sites (tertiary alicyclic amines) is 1. The number of hydrogen-bond donors (Lipinski definition) is 3. The van der Waals surface area contributed by atoms with E-state index in [-0.39, 0.29) is 11.6 Å². The number of nitrogens with two attached hydrogens (primary N) is 1. The Morgan fingerprint density at radius 3 is 2.48 bits per heavy atom. The number of anilines is 2. The van der Waals surface area contributed by atoms with Gasteiger partial charge in [0.05, 0.1) is 16.2 Å². The third-order valence-electron chi connectivity index (χ3n) is 8.68. The van der Waals surface area contributed by atoms with Gasteiger partial charge in [0.25, 0.3) is 0 Å². The first-order valence-electron chi connectivity index (χ1n) is 14.8. The molecule has 6 rings (SSSR count). The summed E-state index contributed by atoms with van der Waals surface area (Å²) in [5.74, 6) is -0.192.